The van der Waals surface area contributed by atoms with Crippen molar-refractivity contribution in [2.45, 2.75) is 43.7 Å². The average Bonchev–Trinajstić information content (AvgIpc) is 3.40. The fourth-order valence-electron chi connectivity index (χ4n) is 6.94. The normalized spacial score (nSPS) is 23.2. The van der Waals surface area contributed by atoms with Crippen molar-refractivity contribution in [1.29, 1.82) is 0 Å². The number of anilines is 3. The molecule has 8 nitrogen and oxygen atoms in total. The Morgan fingerprint density at radius 2 is 1.86 bits per heavy atom. The highest BCUT2D eigenvalue weighted by Gasteiger charge is 2.66. The molecule has 3 aromatic rings. The smallest absolute Gasteiger partial charge is 0.264 e. The lowest BCUT2D eigenvalue weighted by molar-refractivity contribution is -0.146. The van der Waals surface area contributed by atoms with Gasteiger partial charge in [0, 0.05) is 41.6 Å². The van der Waals surface area contributed by atoms with E-state index in [0.29, 0.717) is 29.9 Å². The molecule has 1 fully saturated rings. The molecule has 1 saturated heterocycles. The number of carbonyl (C=O) groups is 2. The number of nitrogens with zero attached hydrogens (tertiary/aromatic N) is 1. The largest absolute Gasteiger partial charge is 0.497 e. The van der Waals surface area contributed by atoms with Crippen LogP contribution < -0.4 is 25.9 Å². The third-order valence-corrected chi connectivity index (χ3v) is 13.4. The third kappa shape index (κ3) is 4.81. The monoisotopic (exact) mass is 585 g/mol. The number of hydrogen-bond donors (Lipinski definition) is 3. The molecule has 2 amide bonds. The first-order chi connectivity index (χ1) is 20.1. The topological polar surface area (TPSA) is 114 Å². The number of carbonyl (C=O) groups excluding carboxylic acids is 2. The van der Waals surface area contributed by atoms with Crippen molar-refractivity contribution in [3.63, 3.8) is 0 Å². The number of nitrogens with one attached hydrogen (secondary N) is 1. The van der Waals surface area contributed by atoms with Crippen LogP contribution in [0.25, 0.3) is 0 Å². The summed E-state index contributed by atoms with van der Waals surface area (Å²) in [6, 6.07) is 20.4. The van der Waals surface area contributed by atoms with Gasteiger partial charge in [-0.2, -0.15) is 0 Å². The highest BCUT2D eigenvalue weighted by molar-refractivity contribution is 6.91. The lowest BCUT2D eigenvalue weighted by Gasteiger charge is -2.37. The number of ether oxygens (including phenoxy) is 2. The van der Waals surface area contributed by atoms with Gasteiger partial charge in [-0.1, -0.05) is 43.4 Å². The highest BCUT2D eigenvalue weighted by Crippen LogP contribution is 2.60. The number of fused-ring (bicyclic) bond motifs is 2. The number of aliphatic hydroxyl groups is 1. The van der Waals surface area contributed by atoms with E-state index < -0.39 is 13.7 Å². The van der Waals surface area contributed by atoms with Crippen molar-refractivity contribution in [1.82, 2.24) is 0 Å². The van der Waals surface area contributed by atoms with Gasteiger partial charge in [-0.3, -0.25) is 9.59 Å². The zero-order valence-electron chi connectivity index (χ0n) is 24.6. The highest BCUT2D eigenvalue weighted by atomic mass is 28.3. The molecule has 2 aliphatic rings. The number of amides is 2. The Hall–Kier alpha value is -3.92. The van der Waals surface area contributed by atoms with Gasteiger partial charge in [0.1, 0.15) is 5.75 Å². The number of nitrogens with two attached hydrogens (primary N) is 1. The van der Waals surface area contributed by atoms with Crippen molar-refractivity contribution in [2.24, 2.45) is 5.92 Å². The average molecular weight is 586 g/mol. The molecule has 220 valence electrons. The van der Waals surface area contributed by atoms with E-state index in [-0.39, 0.29) is 36.0 Å². The molecular weight excluding hydrogens is 546 g/mol. The van der Waals surface area contributed by atoms with Gasteiger partial charge in [0.15, 0.2) is 5.60 Å². The number of nitrogen functional groups attached to an aromatic ring is 1. The van der Waals surface area contributed by atoms with E-state index in [9.17, 15) is 14.7 Å². The van der Waals surface area contributed by atoms with Crippen LogP contribution in [0.3, 0.4) is 0 Å². The van der Waals surface area contributed by atoms with E-state index in [4.69, 9.17) is 15.2 Å². The molecule has 4 atom stereocenters. The predicted octanol–water partition coefficient (Wildman–Crippen LogP) is 4.66. The second kappa shape index (κ2) is 11.4. The number of benzene rings is 3. The molecule has 3 aromatic carbocycles. The van der Waals surface area contributed by atoms with E-state index in [1.165, 1.54) is 5.19 Å². The summed E-state index contributed by atoms with van der Waals surface area (Å²) in [6.07, 6.45) is 1.79. The van der Waals surface area contributed by atoms with Crippen molar-refractivity contribution in [2.75, 3.05) is 36.2 Å². The molecule has 1 spiro atoms. The summed E-state index contributed by atoms with van der Waals surface area (Å²) in [7, 11) is -0.633. The molecule has 4 N–H and O–H groups in total. The summed E-state index contributed by atoms with van der Waals surface area (Å²) < 4.78 is 12.3. The van der Waals surface area contributed by atoms with Crippen LogP contribution in [0.5, 0.6) is 5.75 Å². The van der Waals surface area contributed by atoms with Crippen LogP contribution >= 0.6 is 0 Å². The minimum atomic E-state index is -2.28. The molecule has 5 rings (SSSR count). The van der Waals surface area contributed by atoms with Crippen LogP contribution in [0.1, 0.15) is 29.3 Å². The van der Waals surface area contributed by atoms with Crippen molar-refractivity contribution < 1.29 is 24.2 Å². The Morgan fingerprint density at radius 3 is 2.48 bits per heavy atom. The number of rotatable bonds is 9. The molecule has 42 heavy (non-hydrogen) atoms. The van der Waals surface area contributed by atoms with Crippen molar-refractivity contribution in [3.8, 4) is 5.75 Å². The Labute approximate surface area is 248 Å². The fourth-order valence-corrected chi connectivity index (χ4v) is 11.0. The Kier molecular flexibility index (Phi) is 8.02. The van der Waals surface area contributed by atoms with Crippen LogP contribution in [0.2, 0.25) is 18.6 Å². The second-order valence-electron chi connectivity index (χ2n) is 11.7. The molecule has 0 unspecified atom stereocenters. The van der Waals surface area contributed by atoms with E-state index >= 15 is 0 Å². The van der Waals surface area contributed by atoms with Gasteiger partial charge in [0.2, 0.25) is 0 Å². The Balaban J connectivity index is 1.58. The Morgan fingerprint density at radius 1 is 1.17 bits per heavy atom. The lowest BCUT2D eigenvalue weighted by Crippen LogP contribution is -2.51. The zero-order chi connectivity index (χ0) is 30.2. The van der Waals surface area contributed by atoms with Crippen molar-refractivity contribution >= 4 is 42.1 Å². The minimum Gasteiger partial charge on any atom is -0.497 e. The summed E-state index contributed by atoms with van der Waals surface area (Å²) in [5.41, 5.74) is 7.63. The number of hydrogen-bond acceptors (Lipinski definition) is 6. The molecular formula is C33H39N3O5Si. The van der Waals surface area contributed by atoms with Gasteiger partial charge >= 0.3 is 0 Å². The van der Waals surface area contributed by atoms with Crippen LogP contribution in [0.4, 0.5) is 17.1 Å². The molecule has 0 saturated carbocycles. The van der Waals surface area contributed by atoms with Gasteiger partial charge in [0.05, 0.1) is 27.0 Å². The summed E-state index contributed by atoms with van der Waals surface area (Å²) in [5, 5.41) is 14.3. The minimum absolute atomic E-state index is 0.0200. The summed E-state index contributed by atoms with van der Waals surface area (Å²) in [5.74, 6) is 0.163. The first-order valence-electron chi connectivity index (χ1n) is 14.3. The number of aliphatic hydroxyl groups excluding tert-OH is 1. The number of methoxy groups -OCH3 is 1. The van der Waals surface area contributed by atoms with Crippen LogP contribution in [-0.2, 0) is 15.1 Å². The van der Waals surface area contributed by atoms with Crippen LogP contribution in [0.15, 0.2) is 79.4 Å². The van der Waals surface area contributed by atoms with E-state index in [1.54, 1.807) is 48.4 Å². The van der Waals surface area contributed by atoms with Crippen LogP contribution in [0, 0.1) is 5.92 Å². The molecule has 2 heterocycles. The SMILES string of the molecule is C=CCN1C(=O)[C@]2(O[C@H](CCO)[C@@H]([Si](C)(C)c3ccc(OC)cc3)[C@@H]2C)c2cc(NC(=O)c3ccc(N)cc3)ccc21. The van der Waals surface area contributed by atoms with Gasteiger partial charge in [-0.05, 0) is 66.6 Å². The first kappa shape index (κ1) is 29.6. The standard InChI is InChI=1S/C33H39N3O5Si/c1-6-18-36-28-16-11-24(35-31(38)22-7-9-23(34)10-8-22)20-27(28)33(32(36)39)21(2)30(29(41-33)17-19-37)42(4,5)26-14-12-25(40-3)13-15-26/h6-16,20-21,29-30,37H,1,17-19,34H2,2-5H3,(H,35,38)/t21-,29+,30-,33+/m0/s1. The summed E-state index contributed by atoms with van der Waals surface area (Å²) in [6.45, 7) is 10.9. The van der Waals surface area contributed by atoms with Crippen molar-refractivity contribution in [3.05, 3.63) is 90.5 Å². The maximum Gasteiger partial charge on any atom is 0.264 e. The van der Waals surface area contributed by atoms with E-state index in [2.05, 4.69) is 44.0 Å². The molecule has 0 aliphatic carbocycles. The molecule has 0 aromatic heterocycles. The van der Waals surface area contributed by atoms with E-state index in [1.807, 2.05) is 24.3 Å². The van der Waals surface area contributed by atoms with Gasteiger partial charge in [-0.15, -0.1) is 6.58 Å². The third-order valence-electron chi connectivity index (χ3n) is 8.99. The predicted molar refractivity (Wildman–Crippen MR) is 169 cm³/mol. The molecule has 2 aliphatic heterocycles. The second-order valence-corrected chi connectivity index (χ2v) is 16.4. The summed E-state index contributed by atoms with van der Waals surface area (Å²) in [4.78, 5) is 29.2. The fraction of sp³-hybridized carbons (Fsp3) is 0.333. The maximum atomic E-state index is 14.4. The molecule has 0 radical (unpaired) electrons. The summed E-state index contributed by atoms with van der Waals surface area (Å²) >= 11 is 0. The van der Waals surface area contributed by atoms with E-state index in [0.717, 1.165) is 17.0 Å². The van der Waals surface area contributed by atoms with Gasteiger partial charge < -0.3 is 30.5 Å². The maximum absolute atomic E-state index is 14.4. The Bertz CT molecular complexity index is 1490. The van der Waals surface area contributed by atoms with Gasteiger partial charge in [0.25, 0.3) is 11.8 Å². The van der Waals surface area contributed by atoms with Gasteiger partial charge in [-0.25, -0.2) is 0 Å². The first-order valence-corrected chi connectivity index (χ1v) is 17.3. The molecule has 9 heteroatoms. The molecule has 0 bridgehead atoms. The zero-order valence-corrected chi connectivity index (χ0v) is 25.6. The van der Waals surface area contributed by atoms with Crippen LogP contribution in [-0.4, -0.2) is 51.4 Å². The quantitative estimate of drug-likeness (QED) is 0.191. The lowest BCUT2D eigenvalue weighted by atomic mass is 9.82.